The summed E-state index contributed by atoms with van der Waals surface area (Å²) in [4.78, 5) is 54.0. The minimum Gasteiger partial charge on any atom is -0.493 e. The fourth-order valence-electron chi connectivity index (χ4n) is 9.80. The van der Waals surface area contributed by atoms with Crippen molar-refractivity contribution in [2.75, 3.05) is 31.1 Å². The lowest BCUT2D eigenvalue weighted by Crippen LogP contribution is -2.51. The number of aliphatic imine (C=N–C) groups is 2. The van der Waals surface area contributed by atoms with Crippen LogP contribution in [0.5, 0.6) is 17.2 Å². The van der Waals surface area contributed by atoms with Crippen molar-refractivity contribution in [2.24, 2.45) is 15.7 Å². The zero-order valence-corrected chi connectivity index (χ0v) is 36.9. The van der Waals surface area contributed by atoms with Gasteiger partial charge in [0.2, 0.25) is 0 Å². The van der Waals surface area contributed by atoms with Crippen molar-refractivity contribution < 1.29 is 42.8 Å². The Morgan fingerprint density at radius 3 is 2.14 bits per heavy atom. The van der Waals surface area contributed by atoms with Gasteiger partial charge in [-0.15, -0.1) is 0 Å². The van der Waals surface area contributed by atoms with E-state index in [4.69, 9.17) is 44.1 Å². The summed E-state index contributed by atoms with van der Waals surface area (Å²) in [5.41, 5.74) is 11.2. The fraction of sp³-hybridized carbons (Fsp3) is 0.380. The van der Waals surface area contributed by atoms with Crippen molar-refractivity contribution in [1.82, 2.24) is 0 Å². The minimum absolute atomic E-state index is 0.0635. The molecule has 5 aliphatic rings. The molecule has 1 aliphatic carbocycles. The summed E-state index contributed by atoms with van der Waals surface area (Å²) in [6.45, 7) is 5.60. The van der Waals surface area contributed by atoms with Gasteiger partial charge < -0.3 is 34.2 Å². The van der Waals surface area contributed by atoms with E-state index in [-0.39, 0.29) is 49.6 Å². The molecular formula is C50H53N5O9. The van der Waals surface area contributed by atoms with Crippen molar-refractivity contribution in [3.63, 3.8) is 0 Å². The average Bonchev–Trinajstić information content (AvgIpc) is 3.77. The van der Waals surface area contributed by atoms with Crippen LogP contribution in [0.1, 0.15) is 66.2 Å². The molecule has 6 atom stereocenters. The molecule has 4 aliphatic heterocycles. The second-order valence-corrected chi connectivity index (χ2v) is 17.9. The number of para-hydroxylation sites is 2. The predicted octanol–water partition coefficient (Wildman–Crippen LogP) is 6.64. The van der Waals surface area contributed by atoms with Crippen LogP contribution in [0.4, 0.5) is 17.1 Å². The zero-order chi connectivity index (χ0) is 44.9. The molecule has 0 bridgehead atoms. The molecule has 2 amide bonds. The summed E-state index contributed by atoms with van der Waals surface area (Å²) >= 11 is 0. The van der Waals surface area contributed by atoms with Crippen molar-refractivity contribution in [2.45, 2.75) is 101 Å². The van der Waals surface area contributed by atoms with Gasteiger partial charge in [-0.2, -0.15) is 0 Å². The van der Waals surface area contributed by atoms with Gasteiger partial charge in [-0.05, 0) is 85.5 Å². The third-order valence-corrected chi connectivity index (χ3v) is 12.6. The lowest BCUT2D eigenvalue weighted by molar-refractivity contribution is -0.148. The van der Waals surface area contributed by atoms with E-state index < -0.39 is 29.3 Å². The number of ether oxygens (including phenoxy) is 6. The number of nitrogens with two attached hydrogens (primary N) is 1. The number of hydrogen-bond donors (Lipinski definition) is 1. The molecule has 0 spiro atoms. The zero-order valence-electron chi connectivity index (χ0n) is 36.9. The van der Waals surface area contributed by atoms with Gasteiger partial charge in [0.15, 0.2) is 11.5 Å². The third kappa shape index (κ3) is 8.17. The number of methoxy groups -OCH3 is 3. The van der Waals surface area contributed by atoms with Gasteiger partial charge in [0, 0.05) is 68.2 Å². The van der Waals surface area contributed by atoms with E-state index in [1.165, 1.54) is 14.2 Å². The molecule has 0 saturated heterocycles. The Bertz CT molecular complexity index is 2600. The number of nitrogens with zero attached hydrogens (tertiary/aromatic N) is 4. The standard InChI is InChI=1S/C50H53N5O9/c1-49(2,28-50(3,51)48(58)61-6)64-35-16-29(26-62-44-22-38-36(20-42(44)59-4)46(56)54-33(24-52-38)18-31-11-7-9-13-40(31)54)15-30(17-35)27-63-45-23-39-37(21-43(45)60-5)47(57)55-34(25-53-39)19-32-12-8-10-14-41(32)55/h7-17,20-22,24-25,33-34,39,43,45H,18-19,23,26-28,51H2,1-6H3/t33-,34?,39?,43?,45?,50?/m0/s1. The van der Waals surface area contributed by atoms with Gasteiger partial charge in [0.25, 0.3) is 11.8 Å². The first-order valence-corrected chi connectivity index (χ1v) is 21.6. The Balaban J connectivity index is 0.968. The Morgan fingerprint density at radius 2 is 1.47 bits per heavy atom. The maximum absolute atomic E-state index is 14.1. The van der Waals surface area contributed by atoms with Crippen LogP contribution < -0.4 is 29.7 Å². The summed E-state index contributed by atoms with van der Waals surface area (Å²) < 4.78 is 36.4. The number of rotatable bonds is 13. The fourth-order valence-corrected chi connectivity index (χ4v) is 9.80. The molecule has 5 unspecified atom stereocenters. The third-order valence-electron chi connectivity index (χ3n) is 12.6. The van der Waals surface area contributed by atoms with Crippen LogP contribution in [0.25, 0.3) is 0 Å². The molecular weight excluding hydrogens is 815 g/mol. The number of hydrogen-bond acceptors (Lipinski definition) is 12. The highest BCUT2D eigenvalue weighted by molar-refractivity contribution is 6.15. The molecule has 0 radical (unpaired) electrons. The van der Waals surface area contributed by atoms with E-state index in [0.717, 1.165) is 40.0 Å². The summed E-state index contributed by atoms with van der Waals surface area (Å²) in [5.74, 6) is 0.527. The van der Waals surface area contributed by atoms with E-state index >= 15 is 0 Å². The first-order valence-electron chi connectivity index (χ1n) is 21.6. The number of anilines is 2. The van der Waals surface area contributed by atoms with Crippen LogP contribution in [0.2, 0.25) is 0 Å². The molecule has 14 nitrogen and oxygen atoms in total. The lowest BCUT2D eigenvalue weighted by Gasteiger charge is -2.34. The number of carbonyl (C=O) groups excluding carboxylic acids is 3. The Labute approximate surface area is 372 Å². The summed E-state index contributed by atoms with van der Waals surface area (Å²) in [6.07, 6.45) is 6.68. The molecule has 14 heteroatoms. The van der Waals surface area contributed by atoms with Crippen molar-refractivity contribution in [1.29, 1.82) is 0 Å². The largest absolute Gasteiger partial charge is 0.493 e. The van der Waals surface area contributed by atoms with E-state index in [1.807, 2.05) is 97.9 Å². The molecule has 0 aromatic heterocycles. The van der Waals surface area contributed by atoms with Crippen LogP contribution in [-0.2, 0) is 49.9 Å². The predicted molar refractivity (Wildman–Crippen MR) is 242 cm³/mol. The molecule has 9 rings (SSSR count). The number of fused-ring (bicyclic) bond motifs is 8. The quantitative estimate of drug-likeness (QED) is 0.144. The SMILES string of the molecule is COC(=O)C(C)(N)CC(C)(C)Oc1cc(COc2cc3c(cc2OC)C(=O)N2c4ccccc4C[C@H]2C=N3)cc(COC2CC3N=CC4Cc5ccccc5N4C(=O)C3=CC2OC)c1. The first kappa shape index (κ1) is 42.9. The van der Waals surface area contributed by atoms with Gasteiger partial charge in [0.05, 0.1) is 56.3 Å². The molecule has 64 heavy (non-hydrogen) atoms. The monoisotopic (exact) mass is 867 g/mol. The summed E-state index contributed by atoms with van der Waals surface area (Å²) in [7, 11) is 4.46. The number of amides is 2. The van der Waals surface area contributed by atoms with E-state index in [9.17, 15) is 14.4 Å². The Kier molecular flexibility index (Phi) is 11.4. The second kappa shape index (κ2) is 17.0. The van der Waals surface area contributed by atoms with E-state index in [0.29, 0.717) is 46.9 Å². The highest BCUT2D eigenvalue weighted by atomic mass is 16.5. The van der Waals surface area contributed by atoms with E-state index in [1.54, 1.807) is 31.1 Å². The van der Waals surface area contributed by atoms with E-state index in [2.05, 4.69) is 6.07 Å². The maximum atomic E-state index is 14.1. The van der Waals surface area contributed by atoms with Crippen LogP contribution in [0, 0.1) is 0 Å². The normalized spacial score (nSPS) is 22.7. The highest BCUT2D eigenvalue weighted by Crippen LogP contribution is 2.42. The first-order chi connectivity index (χ1) is 30.7. The molecule has 4 heterocycles. The van der Waals surface area contributed by atoms with Crippen molar-refractivity contribution in [3.8, 4) is 17.2 Å². The van der Waals surface area contributed by atoms with Crippen molar-refractivity contribution in [3.05, 3.63) is 118 Å². The molecule has 0 fully saturated rings. The van der Waals surface area contributed by atoms with Crippen molar-refractivity contribution >= 4 is 47.3 Å². The van der Waals surface area contributed by atoms with Gasteiger partial charge in [-0.1, -0.05) is 36.4 Å². The van der Waals surface area contributed by atoms with Crippen LogP contribution in [0.3, 0.4) is 0 Å². The molecule has 4 aromatic carbocycles. The maximum Gasteiger partial charge on any atom is 0.325 e. The summed E-state index contributed by atoms with van der Waals surface area (Å²) in [6, 6.07) is 24.3. The molecule has 4 aromatic rings. The van der Waals surface area contributed by atoms with Gasteiger partial charge in [0.1, 0.15) is 29.6 Å². The van der Waals surface area contributed by atoms with Crippen LogP contribution in [0.15, 0.2) is 100 Å². The average molecular weight is 868 g/mol. The van der Waals surface area contributed by atoms with Crippen LogP contribution >= 0.6 is 0 Å². The smallest absolute Gasteiger partial charge is 0.325 e. The Hall–Kier alpha value is -6.35. The molecule has 0 saturated carbocycles. The lowest BCUT2D eigenvalue weighted by atomic mass is 9.88. The number of esters is 1. The highest BCUT2D eigenvalue weighted by Gasteiger charge is 2.43. The van der Waals surface area contributed by atoms with Gasteiger partial charge >= 0.3 is 5.97 Å². The topological polar surface area (TPSA) is 164 Å². The van der Waals surface area contributed by atoms with Crippen LogP contribution in [-0.4, -0.2) is 93.0 Å². The second-order valence-electron chi connectivity index (χ2n) is 17.9. The molecule has 332 valence electrons. The summed E-state index contributed by atoms with van der Waals surface area (Å²) in [5, 5.41) is 0. The molecule has 2 N–H and O–H groups in total. The minimum atomic E-state index is -1.31. The van der Waals surface area contributed by atoms with Gasteiger partial charge in [-0.3, -0.25) is 34.2 Å². The van der Waals surface area contributed by atoms with Gasteiger partial charge in [-0.25, -0.2) is 0 Å². The number of carbonyl (C=O) groups is 3. The number of benzene rings is 4. The Morgan fingerprint density at radius 1 is 0.812 bits per heavy atom.